The van der Waals surface area contributed by atoms with E-state index in [1.165, 1.54) is 25.1 Å². The van der Waals surface area contributed by atoms with Crippen molar-refractivity contribution in [2.24, 2.45) is 0 Å². The van der Waals surface area contributed by atoms with Gasteiger partial charge in [0.1, 0.15) is 11.4 Å². The highest BCUT2D eigenvalue weighted by Crippen LogP contribution is 2.30. The first-order valence-corrected chi connectivity index (χ1v) is 8.51. The minimum Gasteiger partial charge on any atom is -0.507 e. The van der Waals surface area contributed by atoms with E-state index in [2.05, 4.69) is 10.6 Å². The Morgan fingerprint density at radius 2 is 1.63 bits per heavy atom. The third kappa shape index (κ3) is 4.16. The average Bonchev–Trinajstić information content (AvgIpc) is 3.09. The van der Waals surface area contributed by atoms with E-state index in [9.17, 15) is 23.5 Å². The van der Waals surface area contributed by atoms with Gasteiger partial charge in [-0.15, -0.1) is 0 Å². The predicted molar refractivity (Wildman–Crippen MR) is 98.2 cm³/mol. The van der Waals surface area contributed by atoms with Crippen molar-refractivity contribution in [2.75, 3.05) is 28.6 Å². The largest absolute Gasteiger partial charge is 0.507 e. The standard InChI is InChI=1S/C19H19F2N3O3/c1-11(25)22-12-4-5-17(26)14(8-12)19(27)23-13-9-15(20)18(16(21)10-13)24-6-2-3-7-24/h4-5,8-10,26H,2-3,6-7H2,1H3,(H,22,25)(H,23,27). The van der Waals surface area contributed by atoms with E-state index in [1.54, 1.807) is 4.90 Å². The zero-order valence-electron chi connectivity index (χ0n) is 14.7. The van der Waals surface area contributed by atoms with Crippen LogP contribution in [0.15, 0.2) is 30.3 Å². The molecule has 0 unspecified atom stereocenters. The molecular weight excluding hydrogens is 356 g/mol. The summed E-state index contributed by atoms with van der Waals surface area (Å²) in [4.78, 5) is 25.2. The molecule has 3 rings (SSSR count). The second-order valence-corrected chi connectivity index (χ2v) is 6.35. The van der Waals surface area contributed by atoms with Crippen LogP contribution in [0, 0.1) is 11.6 Å². The summed E-state index contributed by atoms with van der Waals surface area (Å²) in [5, 5.41) is 14.7. The molecule has 3 N–H and O–H groups in total. The van der Waals surface area contributed by atoms with Crippen molar-refractivity contribution < 1.29 is 23.5 Å². The molecule has 0 aromatic heterocycles. The highest BCUT2D eigenvalue weighted by atomic mass is 19.1. The van der Waals surface area contributed by atoms with E-state index in [-0.39, 0.29) is 28.6 Å². The predicted octanol–water partition coefficient (Wildman–Crippen LogP) is 3.48. The van der Waals surface area contributed by atoms with Crippen LogP contribution in [-0.4, -0.2) is 30.0 Å². The number of anilines is 3. The second kappa shape index (κ2) is 7.61. The molecule has 1 heterocycles. The van der Waals surface area contributed by atoms with Gasteiger partial charge >= 0.3 is 0 Å². The van der Waals surface area contributed by atoms with Crippen molar-refractivity contribution in [3.63, 3.8) is 0 Å². The highest BCUT2D eigenvalue weighted by molar-refractivity contribution is 6.07. The van der Waals surface area contributed by atoms with Gasteiger partial charge in [-0.05, 0) is 43.2 Å². The molecule has 6 nitrogen and oxygen atoms in total. The van der Waals surface area contributed by atoms with Crippen LogP contribution in [0.1, 0.15) is 30.1 Å². The van der Waals surface area contributed by atoms with E-state index < -0.39 is 17.5 Å². The third-order valence-electron chi connectivity index (χ3n) is 4.26. The number of phenols is 1. The smallest absolute Gasteiger partial charge is 0.259 e. The number of hydrogen-bond donors (Lipinski definition) is 3. The summed E-state index contributed by atoms with van der Waals surface area (Å²) >= 11 is 0. The maximum absolute atomic E-state index is 14.4. The Hall–Kier alpha value is -3.16. The van der Waals surface area contributed by atoms with Crippen molar-refractivity contribution in [2.45, 2.75) is 19.8 Å². The molecule has 2 amide bonds. The van der Waals surface area contributed by atoms with Crippen molar-refractivity contribution in [1.82, 2.24) is 0 Å². The van der Waals surface area contributed by atoms with Gasteiger partial charge < -0.3 is 20.6 Å². The molecule has 0 radical (unpaired) electrons. The van der Waals surface area contributed by atoms with Gasteiger partial charge in [-0.2, -0.15) is 0 Å². The molecule has 8 heteroatoms. The first kappa shape index (κ1) is 18.6. The van der Waals surface area contributed by atoms with Crippen LogP contribution in [0.3, 0.4) is 0 Å². The molecule has 142 valence electrons. The molecule has 2 aromatic rings. The van der Waals surface area contributed by atoms with Gasteiger partial charge in [0, 0.05) is 31.4 Å². The summed E-state index contributed by atoms with van der Waals surface area (Å²) in [6.45, 7) is 2.48. The summed E-state index contributed by atoms with van der Waals surface area (Å²) in [6, 6.07) is 6.04. The van der Waals surface area contributed by atoms with E-state index in [1.807, 2.05) is 0 Å². The zero-order valence-corrected chi connectivity index (χ0v) is 14.7. The van der Waals surface area contributed by atoms with Crippen LogP contribution >= 0.6 is 0 Å². The van der Waals surface area contributed by atoms with E-state index in [0.29, 0.717) is 18.8 Å². The lowest BCUT2D eigenvalue weighted by Gasteiger charge is -2.20. The number of phenolic OH excluding ortho intramolecular Hbond substituents is 1. The van der Waals surface area contributed by atoms with E-state index >= 15 is 0 Å². The lowest BCUT2D eigenvalue weighted by molar-refractivity contribution is -0.114. The number of aromatic hydroxyl groups is 1. The SMILES string of the molecule is CC(=O)Nc1ccc(O)c(C(=O)Nc2cc(F)c(N3CCCC3)c(F)c2)c1. The average molecular weight is 375 g/mol. The number of nitrogens with zero attached hydrogens (tertiary/aromatic N) is 1. The summed E-state index contributed by atoms with van der Waals surface area (Å²) in [6.07, 6.45) is 1.75. The maximum atomic E-state index is 14.4. The molecule has 27 heavy (non-hydrogen) atoms. The van der Waals surface area contributed by atoms with Crippen LogP contribution in [0.25, 0.3) is 0 Å². The third-order valence-corrected chi connectivity index (χ3v) is 4.26. The molecule has 1 fully saturated rings. The van der Waals surface area contributed by atoms with Crippen molar-refractivity contribution in [3.8, 4) is 5.75 Å². The van der Waals surface area contributed by atoms with Gasteiger partial charge in [-0.1, -0.05) is 0 Å². The number of nitrogens with one attached hydrogen (secondary N) is 2. The number of halogens is 2. The highest BCUT2D eigenvalue weighted by Gasteiger charge is 2.22. The van der Waals surface area contributed by atoms with Crippen molar-refractivity contribution in [3.05, 3.63) is 47.5 Å². The van der Waals surface area contributed by atoms with Crippen molar-refractivity contribution in [1.29, 1.82) is 0 Å². The number of rotatable bonds is 4. The minimum absolute atomic E-state index is 0.0673. The molecule has 0 spiro atoms. The Kier molecular flexibility index (Phi) is 5.25. The Morgan fingerprint density at radius 1 is 1.00 bits per heavy atom. The Bertz CT molecular complexity index is 873. The van der Waals surface area contributed by atoms with Crippen LogP contribution in [0.4, 0.5) is 25.8 Å². The fourth-order valence-corrected chi connectivity index (χ4v) is 3.08. The lowest BCUT2D eigenvalue weighted by atomic mass is 10.1. The van der Waals surface area contributed by atoms with Gasteiger partial charge in [-0.25, -0.2) is 8.78 Å². The molecule has 1 aliphatic heterocycles. The fraction of sp³-hybridized carbons (Fsp3) is 0.263. The van der Waals surface area contributed by atoms with Gasteiger partial charge in [0.2, 0.25) is 5.91 Å². The number of carbonyl (C=O) groups excluding carboxylic acids is 2. The molecule has 0 atom stereocenters. The first-order chi connectivity index (χ1) is 12.8. The molecule has 1 saturated heterocycles. The molecular formula is C19H19F2N3O3. The minimum atomic E-state index is -0.761. The Morgan fingerprint density at radius 3 is 2.22 bits per heavy atom. The lowest BCUT2D eigenvalue weighted by Crippen LogP contribution is -2.21. The summed E-state index contributed by atoms with van der Waals surface area (Å²) < 4.78 is 28.7. The van der Waals surface area contributed by atoms with Crippen LogP contribution < -0.4 is 15.5 Å². The first-order valence-electron chi connectivity index (χ1n) is 8.51. The van der Waals surface area contributed by atoms with Gasteiger partial charge in [0.15, 0.2) is 11.6 Å². The van der Waals surface area contributed by atoms with Crippen LogP contribution in [0.5, 0.6) is 5.75 Å². The Labute approximate surface area is 154 Å². The molecule has 2 aromatic carbocycles. The van der Waals surface area contributed by atoms with Gasteiger partial charge in [0.25, 0.3) is 5.91 Å². The second-order valence-electron chi connectivity index (χ2n) is 6.35. The quantitative estimate of drug-likeness (QED) is 0.715. The summed E-state index contributed by atoms with van der Waals surface area (Å²) in [5.74, 6) is -2.94. The van der Waals surface area contributed by atoms with E-state index in [0.717, 1.165) is 25.0 Å². The topological polar surface area (TPSA) is 81.7 Å². The zero-order chi connectivity index (χ0) is 19.6. The van der Waals surface area contributed by atoms with Gasteiger partial charge in [0.05, 0.1) is 5.56 Å². The number of amides is 2. The summed E-state index contributed by atoms with van der Waals surface area (Å²) in [5.41, 5.74) is 0.0150. The Balaban J connectivity index is 1.83. The maximum Gasteiger partial charge on any atom is 0.259 e. The molecule has 0 saturated carbocycles. The molecule has 0 aliphatic carbocycles. The summed E-state index contributed by atoms with van der Waals surface area (Å²) in [7, 11) is 0. The number of benzene rings is 2. The number of hydrogen-bond acceptors (Lipinski definition) is 4. The van der Waals surface area contributed by atoms with Gasteiger partial charge in [-0.3, -0.25) is 9.59 Å². The van der Waals surface area contributed by atoms with E-state index in [4.69, 9.17) is 0 Å². The number of carbonyl (C=O) groups is 2. The van der Waals surface area contributed by atoms with Crippen LogP contribution in [-0.2, 0) is 4.79 Å². The monoisotopic (exact) mass is 375 g/mol. The van der Waals surface area contributed by atoms with Crippen molar-refractivity contribution >= 4 is 28.9 Å². The normalized spacial score (nSPS) is 13.5. The molecule has 1 aliphatic rings. The fourth-order valence-electron chi connectivity index (χ4n) is 3.08. The molecule has 0 bridgehead atoms. The van der Waals surface area contributed by atoms with Crippen LogP contribution in [0.2, 0.25) is 0 Å².